The van der Waals surface area contributed by atoms with Gasteiger partial charge in [0.2, 0.25) is 0 Å². The monoisotopic (exact) mass is 342 g/mol. The smallest absolute Gasteiger partial charge is 0.196 e. The van der Waals surface area contributed by atoms with Gasteiger partial charge in [-0.05, 0) is 11.6 Å². The molecule has 0 heterocycles. The van der Waals surface area contributed by atoms with Gasteiger partial charge in [-0.2, -0.15) is 0 Å². The van der Waals surface area contributed by atoms with E-state index in [4.69, 9.17) is 9.47 Å². The standard InChI is InChI=1S/C20H26O3Si/c1-24(2,3)15-14-22-16-23-20(18-12-8-5-9-13-18)19(21)17-10-6-4-7-11-17/h4-13,20H,14-16H2,1-3H3/t20-/m0/s1. The van der Waals surface area contributed by atoms with Crippen molar-refractivity contribution in [3.63, 3.8) is 0 Å². The predicted octanol–water partition coefficient (Wildman–Crippen LogP) is 4.94. The fraction of sp³-hybridized carbons (Fsp3) is 0.350. The van der Waals surface area contributed by atoms with Crippen molar-refractivity contribution in [2.75, 3.05) is 13.4 Å². The molecule has 0 saturated carbocycles. The zero-order valence-corrected chi connectivity index (χ0v) is 15.7. The van der Waals surface area contributed by atoms with Crippen LogP contribution in [0.4, 0.5) is 0 Å². The van der Waals surface area contributed by atoms with Gasteiger partial charge < -0.3 is 9.47 Å². The topological polar surface area (TPSA) is 35.5 Å². The molecule has 2 rings (SSSR count). The van der Waals surface area contributed by atoms with Crippen LogP contribution < -0.4 is 0 Å². The number of rotatable bonds is 9. The van der Waals surface area contributed by atoms with E-state index >= 15 is 0 Å². The van der Waals surface area contributed by atoms with Crippen LogP contribution in [0.5, 0.6) is 0 Å². The minimum atomic E-state index is -1.12. The molecule has 4 heteroatoms. The largest absolute Gasteiger partial charge is 0.356 e. The van der Waals surface area contributed by atoms with Crippen LogP contribution in [0, 0.1) is 0 Å². The average Bonchev–Trinajstić information content (AvgIpc) is 2.58. The van der Waals surface area contributed by atoms with Gasteiger partial charge in [0.1, 0.15) is 12.9 Å². The molecule has 0 aliphatic rings. The average molecular weight is 343 g/mol. The molecule has 3 nitrogen and oxygen atoms in total. The molecule has 0 aliphatic heterocycles. The highest BCUT2D eigenvalue weighted by atomic mass is 28.3. The molecule has 0 bridgehead atoms. The summed E-state index contributed by atoms with van der Waals surface area (Å²) in [4.78, 5) is 12.8. The van der Waals surface area contributed by atoms with E-state index in [2.05, 4.69) is 19.6 Å². The Bertz CT molecular complexity index is 620. The molecule has 0 unspecified atom stereocenters. The van der Waals surface area contributed by atoms with Gasteiger partial charge in [-0.3, -0.25) is 4.79 Å². The second kappa shape index (κ2) is 8.92. The van der Waals surface area contributed by atoms with Crippen molar-refractivity contribution in [1.29, 1.82) is 0 Å². The zero-order chi connectivity index (χ0) is 17.4. The van der Waals surface area contributed by atoms with Crippen LogP contribution in [-0.4, -0.2) is 27.3 Å². The molecule has 0 aromatic heterocycles. The van der Waals surface area contributed by atoms with E-state index in [9.17, 15) is 4.79 Å². The van der Waals surface area contributed by atoms with Crippen LogP contribution in [0.3, 0.4) is 0 Å². The molecule has 0 fully saturated rings. The number of carbonyl (C=O) groups is 1. The van der Waals surface area contributed by atoms with Gasteiger partial charge in [-0.15, -0.1) is 0 Å². The maximum atomic E-state index is 12.8. The molecule has 128 valence electrons. The molecule has 0 N–H and O–H groups in total. The van der Waals surface area contributed by atoms with Crippen molar-refractivity contribution >= 4 is 13.9 Å². The quantitative estimate of drug-likeness (QED) is 0.280. The van der Waals surface area contributed by atoms with Crippen molar-refractivity contribution < 1.29 is 14.3 Å². The summed E-state index contributed by atoms with van der Waals surface area (Å²) >= 11 is 0. The summed E-state index contributed by atoms with van der Waals surface area (Å²) in [5.74, 6) is -0.0457. The number of ketones is 1. The Morgan fingerprint density at radius 2 is 1.54 bits per heavy atom. The maximum Gasteiger partial charge on any atom is 0.196 e. The van der Waals surface area contributed by atoms with E-state index < -0.39 is 14.2 Å². The lowest BCUT2D eigenvalue weighted by Crippen LogP contribution is -2.23. The number of carbonyl (C=O) groups excluding carboxylic acids is 1. The second-order valence-electron chi connectivity index (χ2n) is 7.02. The number of ether oxygens (including phenoxy) is 2. The van der Waals surface area contributed by atoms with Crippen LogP contribution in [0.1, 0.15) is 22.0 Å². The molecule has 0 spiro atoms. The highest BCUT2D eigenvalue weighted by Gasteiger charge is 2.22. The summed E-state index contributed by atoms with van der Waals surface area (Å²) in [6.45, 7) is 7.73. The first-order valence-corrected chi connectivity index (χ1v) is 12.0. The second-order valence-corrected chi connectivity index (χ2v) is 12.6. The lowest BCUT2D eigenvalue weighted by Gasteiger charge is -2.19. The van der Waals surface area contributed by atoms with Crippen molar-refractivity contribution in [2.24, 2.45) is 0 Å². The minimum absolute atomic E-state index is 0.0457. The van der Waals surface area contributed by atoms with E-state index in [-0.39, 0.29) is 12.6 Å². The fourth-order valence-corrected chi connectivity index (χ4v) is 3.02. The fourth-order valence-electron chi connectivity index (χ4n) is 2.26. The Morgan fingerprint density at radius 3 is 2.12 bits per heavy atom. The van der Waals surface area contributed by atoms with Gasteiger partial charge in [0, 0.05) is 20.2 Å². The van der Waals surface area contributed by atoms with E-state index in [1.54, 1.807) is 0 Å². The van der Waals surface area contributed by atoms with Crippen LogP contribution in [0.25, 0.3) is 0 Å². The first-order valence-electron chi connectivity index (χ1n) is 8.31. The number of Topliss-reactive ketones (excluding diaryl/α,β-unsaturated/α-hetero) is 1. The third-order valence-electron chi connectivity index (χ3n) is 3.71. The highest BCUT2D eigenvalue weighted by molar-refractivity contribution is 6.76. The van der Waals surface area contributed by atoms with E-state index in [1.807, 2.05) is 60.7 Å². The molecule has 2 aromatic rings. The van der Waals surface area contributed by atoms with Crippen molar-refractivity contribution in [3.8, 4) is 0 Å². The predicted molar refractivity (Wildman–Crippen MR) is 100 cm³/mol. The van der Waals surface area contributed by atoms with Crippen molar-refractivity contribution in [1.82, 2.24) is 0 Å². The molecular formula is C20H26O3Si. The Balaban J connectivity index is 2.01. The summed E-state index contributed by atoms with van der Waals surface area (Å²) in [7, 11) is -1.12. The maximum absolute atomic E-state index is 12.8. The van der Waals surface area contributed by atoms with Gasteiger partial charge in [-0.25, -0.2) is 0 Å². The highest BCUT2D eigenvalue weighted by Crippen LogP contribution is 2.22. The molecule has 2 aromatic carbocycles. The van der Waals surface area contributed by atoms with Crippen LogP contribution in [-0.2, 0) is 9.47 Å². The SMILES string of the molecule is C[Si](C)(C)CCOCO[C@H](C(=O)c1ccccc1)c1ccccc1. The number of hydrogen-bond donors (Lipinski definition) is 0. The third-order valence-corrected chi connectivity index (χ3v) is 5.42. The lowest BCUT2D eigenvalue weighted by molar-refractivity contribution is -0.0761. The van der Waals surface area contributed by atoms with Gasteiger partial charge in [0.05, 0.1) is 0 Å². The van der Waals surface area contributed by atoms with Gasteiger partial charge in [0.25, 0.3) is 0 Å². The lowest BCUT2D eigenvalue weighted by atomic mass is 10.00. The minimum Gasteiger partial charge on any atom is -0.356 e. The molecule has 1 atom stereocenters. The van der Waals surface area contributed by atoms with Crippen LogP contribution in [0.15, 0.2) is 60.7 Å². The molecule has 24 heavy (non-hydrogen) atoms. The summed E-state index contributed by atoms with van der Waals surface area (Å²) in [6.07, 6.45) is -0.638. The first kappa shape index (κ1) is 18.6. The Morgan fingerprint density at radius 1 is 0.958 bits per heavy atom. The number of hydrogen-bond acceptors (Lipinski definition) is 3. The van der Waals surface area contributed by atoms with E-state index in [1.165, 1.54) is 0 Å². The molecule has 0 aliphatic carbocycles. The van der Waals surface area contributed by atoms with E-state index in [0.29, 0.717) is 12.2 Å². The summed E-state index contributed by atoms with van der Waals surface area (Å²) in [6, 6.07) is 19.9. The molecule has 0 radical (unpaired) electrons. The Labute approximate surface area is 145 Å². The van der Waals surface area contributed by atoms with Gasteiger partial charge in [0.15, 0.2) is 5.78 Å². The Hall–Kier alpha value is -1.75. The first-order chi connectivity index (χ1) is 11.5. The van der Waals surface area contributed by atoms with Crippen LogP contribution in [0.2, 0.25) is 25.7 Å². The molecule has 0 saturated heterocycles. The summed E-state index contributed by atoms with van der Waals surface area (Å²) < 4.78 is 11.4. The molecule has 0 amide bonds. The van der Waals surface area contributed by atoms with E-state index in [0.717, 1.165) is 11.6 Å². The van der Waals surface area contributed by atoms with Gasteiger partial charge in [-0.1, -0.05) is 80.3 Å². The van der Waals surface area contributed by atoms with Crippen molar-refractivity contribution in [3.05, 3.63) is 71.8 Å². The number of benzene rings is 2. The molecular weight excluding hydrogens is 316 g/mol. The zero-order valence-electron chi connectivity index (χ0n) is 14.7. The normalized spacial score (nSPS) is 12.8. The van der Waals surface area contributed by atoms with Crippen molar-refractivity contribution in [2.45, 2.75) is 31.8 Å². The van der Waals surface area contributed by atoms with Crippen LogP contribution >= 0.6 is 0 Å². The van der Waals surface area contributed by atoms with Gasteiger partial charge >= 0.3 is 0 Å². The third kappa shape index (κ3) is 6.04. The summed E-state index contributed by atoms with van der Waals surface area (Å²) in [5.41, 5.74) is 1.49. The Kier molecular flexibility index (Phi) is 6.91. The summed E-state index contributed by atoms with van der Waals surface area (Å²) in [5, 5.41) is 0.